The molecule has 0 bridgehead atoms. The Morgan fingerprint density at radius 3 is 2.67 bits per heavy atom. The summed E-state index contributed by atoms with van der Waals surface area (Å²) >= 11 is 0. The summed E-state index contributed by atoms with van der Waals surface area (Å²) in [5, 5.41) is 9.89. The van der Waals surface area contributed by atoms with E-state index in [4.69, 9.17) is 10.00 Å². The molecule has 0 radical (unpaired) electrons. The van der Waals surface area contributed by atoms with E-state index >= 15 is 0 Å². The van der Waals surface area contributed by atoms with Crippen LogP contribution in [-0.4, -0.2) is 18.7 Å². The lowest BCUT2D eigenvalue weighted by Gasteiger charge is -2.08. The van der Waals surface area contributed by atoms with Crippen molar-refractivity contribution in [1.82, 2.24) is 0 Å². The van der Waals surface area contributed by atoms with Gasteiger partial charge in [0.15, 0.2) is 0 Å². The summed E-state index contributed by atoms with van der Waals surface area (Å²) in [7, 11) is -1.07. The minimum atomic E-state index is -1.07. The largest absolute Gasteiger partial charge is 0.466 e. The summed E-state index contributed by atoms with van der Waals surface area (Å²) < 4.78 is 4.82. The van der Waals surface area contributed by atoms with Gasteiger partial charge in [-0.1, -0.05) is 30.3 Å². The number of rotatable bonds is 4. The third-order valence-electron chi connectivity index (χ3n) is 1.78. The molecule has 78 valence electrons. The first-order valence-electron chi connectivity index (χ1n) is 4.66. The van der Waals surface area contributed by atoms with E-state index in [0.717, 1.165) is 5.30 Å². The monoisotopic (exact) mass is 221 g/mol. The molecule has 0 saturated heterocycles. The molecule has 0 aliphatic carbocycles. The van der Waals surface area contributed by atoms with E-state index in [-0.39, 0.29) is 12.1 Å². The van der Waals surface area contributed by atoms with E-state index in [1.807, 2.05) is 30.3 Å². The number of benzene rings is 1. The molecule has 15 heavy (non-hydrogen) atoms. The lowest BCUT2D eigenvalue weighted by atomic mass is 10.4. The SMILES string of the molecule is CCOC(=O)CP(C#N)c1ccccc1. The summed E-state index contributed by atoms with van der Waals surface area (Å²) in [6.45, 7) is 2.12. The Balaban J connectivity index is 2.66. The van der Waals surface area contributed by atoms with Crippen molar-refractivity contribution in [2.75, 3.05) is 12.8 Å². The van der Waals surface area contributed by atoms with Crippen LogP contribution < -0.4 is 5.30 Å². The van der Waals surface area contributed by atoms with Crippen molar-refractivity contribution in [3.63, 3.8) is 0 Å². The molecule has 0 spiro atoms. The normalized spacial score (nSPS) is 11.5. The zero-order valence-corrected chi connectivity index (χ0v) is 9.41. The molecular formula is C11H12NO2P. The van der Waals surface area contributed by atoms with Crippen molar-refractivity contribution in [2.24, 2.45) is 0 Å². The molecule has 0 heterocycles. The maximum absolute atomic E-state index is 11.2. The zero-order valence-electron chi connectivity index (χ0n) is 8.51. The van der Waals surface area contributed by atoms with Crippen LogP contribution in [0, 0.1) is 11.1 Å². The maximum atomic E-state index is 11.2. The predicted octanol–water partition coefficient (Wildman–Crippen LogP) is 1.84. The van der Waals surface area contributed by atoms with Crippen LogP contribution in [0.25, 0.3) is 0 Å². The molecule has 1 aromatic carbocycles. The fourth-order valence-electron chi connectivity index (χ4n) is 1.13. The molecule has 0 aromatic heterocycles. The number of carbonyl (C=O) groups excluding carboxylic acids is 1. The molecule has 0 fully saturated rings. The summed E-state index contributed by atoms with van der Waals surface area (Å²) in [4.78, 5) is 11.2. The van der Waals surface area contributed by atoms with Crippen LogP contribution in [0.15, 0.2) is 30.3 Å². The number of hydrogen-bond donors (Lipinski definition) is 0. The van der Waals surface area contributed by atoms with Gasteiger partial charge in [-0.2, -0.15) is 5.26 Å². The van der Waals surface area contributed by atoms with Gasteiger partial charge in [0, 0.05) is 7.92 Å². The Morgan fingerprint density at radius 1 is 1.47 bits per heavy atom. The van der Waals surface area contributed by atoms with E-state index in [0.29, 0.717) is 6.61 Å². The predicted molar refractivity (Wildman–Crippen MR) is 60.1 cm³/mol. The van der Waals surface area contributed by atoms with Gasteiger partial charge in [0.25, 0.3) is 0 Å². The fourth-order valence-corrected chi connectivity index (χ4v) is 2.38. The highest BCUT2D eigenvalue weighted by Gasteiger charge is 2.15. The van der Waals surface area contributed by atoms with Crippen LogP contribution in [0.5, 0.6) is 0 Å². The minimum Gasteiger partial charge on any atom is -0.466 e. The van der Waals surface area contributed by atoms with Gasteiger partial charge >= 0.3 is 5.97 Å². The van der Waals surface area contributed by atoms with Crippen molar-refractivity contribution in [3.8, 4) is 5.81 Å². The molecule has 4 heteroatoms. The number of esters is 1. The minimum absolute atomic E-state index is 0.184. The van der Waals surface area contributed by atoms with Crippen molar-refractivity contribution in [3.05, 3.63) is 30.3 Å². The summed E-state index contributed by atoms with van der Waals surface area (Å²) in [6, 6.07) is 9.36. The lowest BCUT2D eigenvalue weighted by molar-refractivity contribution is -0.139. The summed E-state index contributed by atoms with van der Waals surface area (Å²) in [5.41, 5.74) is 0. The molecule has 1 atom stereocenters. The van der Waals surface area contributed by atoms with Gasteiger partial charge < -0.3 is 4.74 Å². The van der Waals surface area contributed by atoms with Crippen molar-refractivity contribution >= 4 is 19.2 Å². The molecule has 1 rings (SSSR count). The summed E-state index contributed by atoms with van der Waals surface area (Å²) in [6.07, 6.45) is 0.184. The quantitative estimate of drug-likeness (QED) is 0.575. The average molecular weight is 221 g/mol. The van der Waals surface area contributed by atoms with Crippen LogP contribution in [0.2, 0.25) is 0 Å². The molecule has 0 aliphatic rings. The zero-order chi connectivity index (χ0) is 11.1. The highest BCUT2D eigenvalue weighted by atomic mass is 31.1. The average Bonchev–Trinajstić information content (AvgIpc) is 2.27. The Morgan fingerprint density at radius 2 is 2.13 bits per heavy atom. The van der Waals surface area contributed by atoms with Crippen molar-refractivity contribution < 1.29 is 9.53 Å². The first-order chi connectivity index (χ1) is 7.27. The number of nitriles is 1. The van der Waals surface area contributed by atoms with Gasteiger partial charge in [0.2, 0.25) is 0 Å². The van der Waals surface area contributed by atoms with Crippen LogP contribution >= 0.6 is 7.92 Å². The topological polar surface area (TPSA) is 50.1 Å². The number of carbonyl (C=O) groups is 1. The maximum Gasteiger partial charge on any atom is 0.311 e. The second kappa shape index (κ2) is 6.16. The molecule has 3 nitrogen and oxygen atoms in total. The Kier molecular flexibility index (Phi) is 4.80. The third kappa shape index (κ3) is 3.69. The van der Waals surface area contributed by atoms with E-state index in [1.165, 1.54) is 0 Å². The highest BCUT2D eigenvalue weighted by molar-refractivity contribution is 7.71. The highest BCUT2D eigenvalue weighted by Crippen LogP contribution is 2.32. The first-order valence-corrected chi connectivity index (χ1v) is 6.18. The number of hydrogen-bond acceptors (Lipinski definition) is 3. The van der Waals surface area contributed by atoms with E-state index in [1.54, 1.807) is 6.92 Å². The van der Waals surface area contributed by atoms with Gasteiger partial charge in [-0.25, -0.2) is 0 Å². The molecule has 0 saturated carbocycles. The molecule has 1 aromatic rings. The molecular weight excluding hydrogens is 209 g/mol. The van der Waals surface area contributed by atoms with Gasteiger partial charge in [-0.3, -0.25) is 4.79 Å². The molecule has 0 amide bonds. The summed E-state index contributed by atoms with van der Waals surface area (Å²) in [5.74, 6) is 1.87. The molecule has 0 aliphatic heterocycles. The van der Waals surface area contributed by atoms with E-state index in [2.05, 4.69) is 5.81 Å². The number of ether oxygens (including phenoxy) is 1. The van der Waals surface area contributed by atoms with Gasteiger partial charge in [-0.15, -0.1) is 0 Å². The van der Waals surface area contributed by atoms with Crippen molar-refractivity contribution in [2.45, 2.75) is 6.92 Å². The third-order valence-corrected chi connectivity index (χ3v) is 3.52. The fraction of sp³-hybridized carbons (Fsp3) is 0.273. The van der Waals surface area contributed by atoms with E-state index < -0.39 is 7.92 Å². The molecule has 1 unspecified atom stereocenters. The lowest BCUT2D eigenvalue weighted by Crippen LogP contribution is -2.12. The van der Waals surface area contributed by atoms with E-state index in [9.17, 15) is 4.79 Å². The first kappa shape index (κ1) is 11.7. The second-order valence-corrected chi connectivity index (χ2v) is 4.72. The van der Waals surface area contributed by atoms with Crippen LogP contribution in [0.1, 0.15) is 6.92 Å². The van der Waals surface area contributed by atoms with Gasteiger partial charge in [0.1, 0.15) is 0 Å². The second-order valence-electron chi connectivity index (χ2n) is 2.83. The van der Waals surface area contributed by atoms with Crippen LogP contribution in [0.4, 0.5) is 0 Å². The number of nitrogens with zero attached hydrogens (tertiary/aromatic N) is 1. The Hall–Kier alpha value is -1.39. The smallest absolute Gasteiger partial charge is 0.311 e. The van der Waals surface area contributed by atoms with Gasteiger partial charge in [0.05, 0.1) is 18.6 Å². The van der Waals surface area contributed by atoms with Gasteiger partial charge in [-0.05, 0) is 12.2 Å². The standard InChI is InChI=1S/C11H12NO2P/c1-2-14-11(13)8-15(9-12)10-6-4-3-5-7-10/h3-7H,2,8H2,1H3. The van der Waals surface area contributed by atoms with Crippen LogP contribution in [-0.2, 0) is 9.53 Å². The Labute approximate surface area is 90.4 Å². The van der Waals surface area contributed by atoms with Crippen LogP contribution in [0.3, 0.4) is 0 Å². The van der Waals surface area contributed by atoms with Crippen molar-refractivity contribution in [1.29, 1.82) is 5.26 Å². The Bertz CT molecular complexity index is 359. The molecule has 0 N–H and O–H groups in total.